The highest BCUT2D eigenvalue weighted by atomic mass is 16.6. The number of nitrogens with one attached hydrogen (secondary N) is 1. The number of hydrogen-bond acceptors (Lipinski definition) is 4. The largest absolute Gasteiger partial charge is 0.486 e. The van der Waals surface area contributed by atoms with Crippen molar-refractivity contribution in [3.63, 3.8) is 0 Å². The van der Waals surface area contributed by atoms with E-state index in [-0.39, 0.29) is 0 Å². The molecule has 4 nitrogen and oxygen atoms in total. The molecule has 88 valence electrons. The third-order valence-corrected chi connectivity index (χ3v) is 2.64. The number of nitrogens with two attached hydrogens (primary N) is 1. The van der Waals surface area contributed by atoms with Gasteiger partial charge in [-0.25, -0.2) is 0 Å². The molecule has 2 rings (SSSR count). The standard InChI is InChI=1S/C12H18N2O2/c1-9(7-13)14-8-10-3-2-4-11-12(10)16-6-5-15-11/h2-4,9,14H,5-8,13H2,1H3/t9-/m1/s1. The fourth-order valence-electron chi connectivity index (χ4n) is 1.64. The van der Waals surface area contributed by atoms with Crippen molar-refractivity contribution in [1.82, 2.24) is 5.32 Å². The first kappa shape index (κ1) is 11.2. The van der Waals surface area contributed by atoms with Gasteiger partial charge in [0.15, 0.2) is 11.5 Å². The Morgan fingerprint density at radius 3 is 3.00 bits per heavy atom. The molecular formula is C12H18N2O2. The third-order valence-electron chi connectivity index (χ3n) is 2.64. The van der Waals surface area contributed by atoms with Crippen LogP contribution in [0.1, 0.15) is 12.5 Å². The zero-order chi connectivity index (χ0) is 11.4. The Kier molecular flexibility index (Phi) is 3.64. The molecule has 0 unspecified atom stereocenters. The van der Waals surface area contributed by atoms with E-state index < -0.39 is 0 Å². The molecule has 0 saturated carbocycles. The first-order chi connectivity index (χ1) is 7.81. The Labute approximate surface area is 95.7 Å². The topological polar surface area (TPSA) is 56.5 Å². The van der Waals surface area contributed by atoms with E-state index >= 15 is 0 Å². The van der Waals surface area contributed by atoms with Crippen molar-refractivity contribution >= 4 is 0 Å². The molecule has 0 aromatic heterocycles. The van der Waals surface area contributed by atoms with Crippen LogP contribution < -0.4 is 20.5 Å². The lowest BCUT2D eigenvalue weighted by Crippen LogP contribution is -2.32. The van der Waals surface area contributed by atoms with Gasteiger partial charge in [0, 0.05) is 24.7 Å². The van der Waals surface area contributed by atoms with Gasteiger partial charge in [-0.2, -0.15) is 0 Å². The van der Waals surface area contributed by atoms with E-state index in [9.17, 15) is 0 Å². The normalized spacial score (nSPS) is 15.9. The number of ether oxygens (including phenoxy) is 2. The molecule has 1 aromatic rings. The molecule has 1 atom stereocenters. The van der Waals surface area contributed by atoms with Crippen LogP contribution in [0.5, 0.6) is 11.5 Å². The maximum atomic E-state index is 5.62. The first-order valence-corrected chi connectivity index (χ1v) is 5.62. The summed E-state index contributed by atoms with van der Waals surface area (Å²) in [4.78, 5) is 0. The van der Waals surface area contributed by atoms with Crippen molar-refractivity contribution < 1.29 is 9.47 Å². The third kappa shape index (κ3) is 2.46. The Bertz CT molecular complexity index is 355. The second kappa shape index (κ2) is 5.18. The zero-order valence-electron chi connectivity index (χ0n) is 9.53. The summed E-state index contributed by atoms with van der Waals surface area (Å²) in [6, 6.07) is 6.27. The molecule has 1 aliphatic rings. The highest BCUT2D eigenvalue weighted by Gasteiger charge is 2.15. The highest BCUT2D eigenvalue weighted by molar-refractivity contribution is 5.47. The van der Waals surface area contributed by atoms with Gasteiger partial charge < -0.3 is 20.5 Å². The van der Waals surface area contributed by atoms with Gasteiger partial charge >= 0.3 is 0 Å². The fourth-order valence-corrected chi connectivity index (χ4v) is 1.64. The van der Waals surface area contributed by atoms with Gasteiger partial charge in [0.25, 0.3) is 0 Å². The number of fused-ring (bicyclic) bond motifs is 1. The van der Waals surface area contributed by atoms with Crippen molar-refractivity contribution in [1.29, 1.82) is 0 Å². The fraction of sp³-hybridized carbons (Fsp3) is 0.500. The molecule has 1 heterocycles. The summed E-state index contributed by atoms with van der Waals surface area (Å²) < 4.78 is 11.1. The number of rotatable bonds is 4. The zero-order valence-corrected chi connectivity index (χ0v) is 9.53. The minimum absolute atomic E-state index is 0.306. The van der Waals surface area contributed by atoms with Crippen molar-refractivity contribution in [2.24, 2.45) is 5.73 Å². The van der Waals surface area contributed by atoms with E-state index in [2.05, 4.69) is 12.2 Å². The van der Waals surface area contributed by atoms with Crippen LogP contribution >= 0.6 is 0 Å². The maximum absolute atomic E-state index is 5.62. The quantitative estimate of drug-likeness (QED) is 0.794. The molecule has 0 amide bonds. The Morgan fingerprint density at radius 2 is 2.19 bits per heavy atom. The van der Waals surface area contributed by atoms with E-state index in [4.69, 9.17) is 15.2 Å². The highest BCUT2D eigenvalue weighted by Crippen LogP contribution is 2.33. The van der Waals surface area contributed by atoms with E-state index in [1.807, 2.05) is 18.2 Å². The SMILES string of the molecule is C[C@H](CN)NCc1cccc2c1OCCO2. The second-order valence-corrected chi connectivity index (χ2v) is 3.96. The molecule has 0 spiro atoms. The second-order valence-electron chi connectivity index (χ2n) is 3.96. The summed E-state index contributed by atoms with van der Waals surface area (Å²) in [6.45, 7) is 4.70. The summed E-state index contributed by atoms with van der Waals surface area (Å²) in [5.74, 6) is 1.71. The van der Waals surface area contributed by atoms with Gasteiger partial charge in [-0.15, -0.1) is 0 Å². The van der Waals surface area contributed by atoms with Crippen LogP contribution in [0.3, 0.4) is 0 Å². The van der Waals surface area contributed by atoms with E-state index in [1.165, 1.54) is 0 Å². The Hall–Kier alpha value is -1.26. The van der Waals surface area contributed by atoms with Crippen molar-refractivity contribution in [2.45, 2.75) is 19.5 Å². The van der Waals surface area contributed by atoms with Gasteiger partial charge in [0.1, 0.15) is 13.2 Å². The lowest BCUT2D eigenvalue weighted by Gasteiger charge is -2.21. The smallest absolute Gasteiger partial charge is 0.165 e. The minimum atomic E-state index is 0.306. The monoisotopic (exact) mass is 222 g/mol. The Balaban J connectivity index is 2.08. The van der Waals surface area contributed by atoms with E-state index in [0.717, 1.165) is 23.6 Å². The lowest BCUT2D eigenvalue weighted by atomic mass is 10.1. The van der Waals surface area contributed by atoms with E-state index in [0.29, 0.717) is 25.8 Å². The predicted molar refractivity (Wildman–Crippen MR) is 62.8 cm³/mol. The summed E-state index contributed by atoms with van der Waals surface area (Å²) in [5.41, 5.74) is 6.68. The Morgan fingerprint density at radius 1 is 1.38 bits per heavy atom. The summed E-state index contributed by atoms with van der Waals surface area (Å²) in [6.07, 6.45) is 0. The molecule has 0 aliphatic carbocycles. The average Bonchev–Trinajstić information content (AvgIpc) is 2.35. The summed E-state index contributed by atoms with van der Waals surface area (Å²) >= 11 is 0. The summed E-state index contributed by atoms with van der Waals surface area (Å²) in [7, 11) is 0. The average molecular weight is 222 g/mol. The number of benzene rings is 1. The molecule has 1 aliphatic heterocycles. The van der Waals surface area contributed by atoms with Crippen molar-refractivity contribution in [3.05, 3.63) is 23.8 Å². The number of hydrogen-bond donors (Lipinski definition) is 2. The maximum Gasteiger partial charge on any atom is 0.165 e. The molecule has 4 heteroatoms. The molecule has 1 aromatic carbocycles. The molecular weight excluding hydrogens is 204 g/mol. The van der Waals surface area contributed by atoms with Crippen molar-refractivity contribution in [2.75, 3.05) is 19.8 Å². The molecule has 16 heavy (non-hydrogen) atoms. The molecule has 0 radical (unpaired) electrons. The van der Waals surface area contributed by atoms with Gasteiger partial charge in [-0.3, -0.25) is 0 Å². The molecule has 3 N–H and O–H groups in total. The van der Waals surface area contributed by atoms with Crippen LogP contribution in [0, 0.1) is 0 Å². The molecule has 0 bridgehead atoms. The minimum Gasteiger partial charge on any atom is -0.486 e. The van der Waals surface area contributed by atoms with Gasteiger partial charge in [-0.05, 0) is 13.0 Å². The van der Waals surface area contributed by atoms with Gasteiger partial charge in [0.05, 0.1) is 0 Å². The van der Waals surface area contributed by atoms with Crippen LogP contribution in [-0.4, -0.2) is 25.8 Å². The van der Waals surface area contributed by atoms with E-state index in [1.54, 1.807) is 0 Å². The van der Waals surface area contributed by atoms with Crippen LogP contribution in [0.15, 0.2) is 18.2 Å². The van der Waals surface area contributed by atoms with Crippen molar-refractivity contribution in [3.8, 4) is 11.5 Å². The van der Waals surface area contributed by atoms with Crippen LogP contribution in [0.25, 0.3) is 0 Å². The molecule has 0 saturated heterocycles. The van der Waals surface area contributed by atoms with Crippen LogP contribution in [0.4, 0.5) is 0 Å². The first-order valence-electron chi connectivity index (χ1n) is 5.62. The van der Waals surface area contributed by atoms with Gasteiger partial charge in [-0.1, -0.05) is 12.1 Å². The summed E-state index contributed by atoms with van der Waals surface area (Å²) in [5, 5.41) is 3.34. The van der Waals surface area contributed by atoms with Crippen LogP contribution in [0.2, 0.25) is 0 Å². The predicted octanol–water partition coefficient (Wildman–Crippen LogP) is 0.895. The van der Waals surface area contributed by atoms with Crippen LogP contribution in [-0.2, 0) is 6.54 Å². The number of para-hydroxylation sites is 1. The van der Waals surface area contributed by atoms with Gasteiger partial charge in [0.2, 0.25) is 0 Å². The molecule has 0 fully saturated rings. The lowest BCUT2D eigenvalue weighted by molar-refractivity contribution is 0.169.